The molecule has 2 aromatic rings. The molecular formula is C26H37N3O3. The predicted octanol–water partition coefficient (Wildman–Crippen LogP) is 4.94. The molecule has 0 bridgehead atoms. The molecule has 174 valence electrons. The molecule has 0 saturated carbocycles. The molecule has 6 heteroatoms. The summed E-state index contributed by atoms with van der Waals surface area (Å²) >= 11 is 0. The van der Waals surface area contributed by atoms with E-state index in [1.807, 2.05) is 72.4 Å². The zero-order valence-corrected chi connectivity index (χ0v) is 20.1. The SMILES string of the molecule is CCCN(Cc1cc(NC(=O)COc2ccccc2)ccc1N(C)C)C(=O)C(CC)CC. The molecule has 0 aromatic heterocycles. The van der Waals surface area contributed by atoms with Crippen LogP contribution < -0.4 is 15.0 Å². The Morgan fingerprint density at radius 2 is 1.69 bits per heavy atom. The summed E-state index contributed by atoms with van der Waals surface area (Å²) in [4.78, 5) is 29.5. The third-order valence-electron chi connectivity index (χ3n) is 5.46. The number of nitrogens with one attached hydrogen (secondary N) is 1. The Bertz CT molecular complexity index is 864. The van der Waals surface area contributed by atoms with Crippen molar-refractivity contribution in [3.05, 3.63) is 54.1 Å². The van der Waals surface area contributed by atoms with Crippen LogP contribution in [0.3, 0.4) is 0 Å². The Labute approximate surface area is 192 Å². The van der Waals surface area contributed by atoms with Gasteiger partial charge in [-0.25, -0.2) is 0 Å². The average Bonchev–Trinajstić information content (AvgIpc) is 2.79. The summed E-state index contributed by atoms with van der Waals surface area (Å²) in [6.45, 7) is 7.38. The first-order valence-corrected chi connectivity index (χ1v) is 11.5. The molecule has 6 nitrogen and oxygen atoms in total. The summed E-state index contributed by atoms with van der Waals surface area (Å²) in [7, 11) is 3.97. The highest BCUT2D eigenvalue weighted by atomic mass is 16.5. The van der Waals surface area contributed by atoms with Crippen molar-refractivity contribution < 1.29 is 14.3 Å². The minimum atomic E-state index is -0.226. The number of hydrogen-bond donors (Lipinski definition) is 1. The van der Waals surface area contributed by atoms with Gasteiger partial charge in [0.1, 0.15) is 5.75 Å². The molecular weight excluding hydrogens is 402 g/mol. The predicted molar refractivity (Wildman–Crippen MR) is 131 cm³/mol. The monoisotopic (exact) mass is 439 g/mol. The van der Waals surface area contributed by atoms with Crippen molar-refractivity contribution in [2.24, 2.45) is 5.92 Å². The number of carbonyl (C=O) groups is 2. The molecule has 0 radical (unpaired) electrons. The molecule has 0 spiro atoms. The van der Waals surface area contributed by atoms with E-state index in [9.17, 15) is 9.59 Å². The average molecular weight is 440 g/mol. The van der Waals surface area contributed by atoms with Gasteiger partial charge in [-0.05, 0) is 55.2 Å². The standard InChI is InChI=1S/C26H37N3O3/c1-6-16-29(26(31)20(7-2)8-3)18-21-17-22(14-15-24(21)28(4)5)27-25(30)19-32-23-12-10-9-11-13-23/h9-15,17,20H,6-8,16,18-19H2,1-5H3,(H,27,30). The molecule has 0 unspecified atom stereocenters. The molecule has 0 atom stereocenters. The minimum absolute atomic E-state index is 0.0439. The normalized spacial score (nSPS) is 10.7. The summed E-state index contributed by atoms with van der Waals surface area (Å²) in [5.41, 5.74) is 2.73. The number of ether oxygens (including phenoxy) is 1. The number of carbonyl (C=O) groups excluding carboxylic acids is 2. The number of rotatable bonds is 12. The maximum atomic E-state index is 13.1. The van der Waals surface area contributed by atoms with Gasteiger partial charge in [-0.15, -0.1) is 0 Å². The van der Waals surface area contributed by atoms with Gasteiger partial charge in [-0.3, -0.25) is 9.59 Å². The van der Waals surface area contributed by atoms with Crippen LogP contribution in [0.2, 0.25) is 0 Å². The van der Waals surface area contributed by atoms with Crippen molar-refractivity contribution in [3.8, 4) is 5.75 Å². The van der Waals surface area contributed by atoms with Crippen LogP contribution in [0.4, 0.5) is 11.4 Å². The van der Waals surface area contributed by atoms with Crippen molar-refractivity contribution in [3.63, 3.8) is 0 Å². The fourth-order valence-corrected chi connectivity index (χ4v) is 3.73. The van der Waals surface area contributed by atoms with Crippen LogP contribution in [0.15, 0.2) is 48.5 Å². The van der Waals surface area contributed by atoms with Gasteiger partial charge in [0, 0.05) is 44.5 Å². The van der Waals surface area contributed by atoms with E-state index in [1.54, 1.807) is 0 Å². The Morgan fingerprint density at radius 3 is 2.28 bits per heavy atom. The topological polar surface area (TPSA) is 61.9 Å². The number of benzene rings is 2. The van der Waals surface area contributed by atoms with E-state index in [0.29, 0.717) is 24.5 Å². The number of hydrogen-bond acceptors (Lipinski definition) is 4. The first-order chi connectivity index (χ1) is 15.4. The first kappa shape index (κ1) is 25.2. The number of anilines is 2. The second-order valence-electron chi connectivity index (χ2n) is 8.16. The highest BCUT2D eigenvalue weighted by molar-refractivity contribution is 5.92. The van der Waals surface area contributed by atoms with E-state index in [4.69, 9.17) is 4.74 Å². The lowest BCUT2D eigenvalue weighted by atomic mass is 10.0. The lowest BCUT2D eigenvalue weighted by Crippen LogP contribution is -2.36. The largest absolute Gasteiger partial charge is 0.484 e. The van der Waals surface area contributed by atoms with Crippen LogP contribution in [0.5, 0.6) is 5.75 Å². The lowest BCUT2D eigenvalue weighted by molar-refractivity contribution is -0.136. The number of nitrogens with zero attached hydrogens (tertiary/aromatic N) is 2. The quantitative estimate of drug-likeness (QED) is 0.509. The zero-order chi connectivity index (χ0) is 23.5. The van der Waals surface area contributed by atoms with Gasteiger partial charge in [0.05, 0.1) is 0 Å². The molecule has 2 amide bonds. The fourth-order valence-electron chi connectivity index (χ4n) is 3.73. The Hall–Kier alpha value is -3.02. The van der Waals surface area contributed by atoms with Crippen molar-refractivity contribution in [2.45, 2.75) is 46.6 Å². The van der Waals surface area contributed by atoms with E-state index in [2.05, 4.69) is 26.1 Å². The van der Waals surface area contributed by atoms with Crippen LogP contribution in [-0.2, 0) is 16.1 Å². The van der Waals surface area contributed by atoms with Gasteiger partial charge in [0.2, 0.25) is 5.91 Å². The Morgan fingerprint density at radius 1 is 1.00 bits per heavy atom. The molecule has 0 aliphatic rings. The minimum Gasteiger partial charge on any atom is -0.484 e. The van der Waals surface area contributed by atoms with Crippen LogP contribution in [0.1, 0.15) is 45.6 Å². The van der Waals surface area contributed by atoms with Crippen molar-refractivity contribution in [1.82, 2.24) is 4.90 Å². The van der Waals surface area contributed by atoms with Gasteiger partial charge in [-0.2, -0.15) is 0 Å². The number of amides is 2. The molecule has 32 heavy (non-hydrogen) atoms. The van der Waals surface area contributed by atoms with Gasteiger partial charge in [0.15, 0.2) is 6.61 Å². The Kier molecular flexibility index (Phi) is 10.1. The molecule has 0 fully saturated rings. The van der Waals surface area contributed by atoms with E-state index >= 15 is 0 Å². The van der Waals surface area contributed by atoms with Crippen molar-refractivity contribution in [1.29, 1.82) is 0 Å². The molecule has 2 aromatic carbocycles. The second-order valence-corrected chi connectivity index (χ2v) is 8.16. The smallest absolute Gasteiger partial charge is 0.262 e. The summed E-state index contributed by atoms with van der Waals surface area (Å²) in [5.74, 6) is 0.673. The molecule has 0 aliphatic heterocycles. The highest BCUT2D eigenvalue weighted by Gasteiger charge is 2.22. The third kappa shape index (κ3) is 7.29. The lowest BCUT2D eigenvalue weighted by Gasteiger charge is -2.28. The number of para-hydroxylation sites is 1. The molecule has 0 heterocycles. The zero-order valence-electron chi connectivity index (χ0n) is 20.1. The summed E-state index contributed by atoms with van der Waals surface area (Å²) < 4.78 is 5.54. The van der Waals surface area contributed by atoms with Crippen LogP contribution in [-0.4, -0.2) is 44.0 Å². The highest BCUT2D eigenvalue weighted by Crippen LogP contribution is 2.26. The molecule has 0 aliphatic carbocycles. The Balaban J connectivity index is 2.16. The first-order valence-electron chi connectivity index (χ1n) is 11.5. The fraction of sp³-hybridized carbons (Fsp3) is 0.462. The van der Waals surface area contributed by atoms with E-state index < -0.39 is 0 Å². The summed E-state index contributed by atoms with van der Waals surface area (Å²) in [6.07, 6.45) is 2.58. The van der Waals surface area contributed by atoms with Crippen LogP contribution in [0, 0.1) is 5.92 Å². The van der Waals surface area contributed by atoms with Gasteiger partial charge in [-0.1, -0.05) is 39.0 Å². The van der Waals surface area contributed by atoms with Gasteiger partial charge >= 0.3 is 0 Å². The molecule has 1 N–H and O–H groups in total. The maximum Gasteiger partial charge on any atom is 0.262 e. The van der Waals surface area contributed by atoms with E-state index in [1.165, 1.54) is 0 Å². The molecule has 2 rings (SSSR count). The van der Waals surface area contributed by atoms with E-state index in [-0.39, 0.29) is 24.3 Å². The van der Waals surface area contributed by atoms with Crippen molar-refractivity contribution in [2.75, 3.05) is 37.5 Å². The second kappa shape index (κ2) is 12.7. The third-order valence-corrected chi connectivity index (χ3v) is 5.46. The summed E-state index contributed by atoms with van der Waals surface area (Å²) in [6, 6.07) is 15.1. The van der Waals surface area contributed by atoms with Gasteiger partial charge < -0.3 is 19.9 Å². The van der Waals surface area contributed by atoms with Crippen LogP contribution >= 0.6 is 0 Å². The van der Waals surface area contributed by atoms with Crippen LogP contribution in [0.25, 0.3) is 0 Å². The maximum absolute atomic E-state index is 13.1. The van der Waals surface area contributed by atoms with Gasteiger partial charge in [0.25, 0.3) is 5.91 Å². The van der Waals surface area contributed by atoms with E-state index in [0.717, 1.165) is 30.5 Å². The van der Waals surface area contributed by atoms with Crippen molar-refractivity contribution >= 4 is 23.2 Å². The molecule has 0 saturated heterocycles. The summed E-state index contributed by atoms with van der Waals surface area (Å²) in [5, 5.41) is 2.91.